The zero-order valence-corrected chi connectivity index (χ0v) is 22.1. The lowest BCUT2D eigenvalue weighted by Crippen LogP contribution is -2.27. The maximum atomic E-state index is 13.5. The third kappa shape index (κ3) is 3.63. The van der Waals surface area contributed by atoms with E-state index >= 15 is 0 Å². The quantitative estimate of drug-likeness (QED) is 0.223. The van der Waals surface area contributed by atoms with Gasteiger partial charge in [-0.05, 0) is 78.6 Å². The summed E-state index contributed by atoms with van der Waals surface area (Å²) in [5.41, 5.74) is 3.66. The number of ether oxygens (including phenoxy) is 2. The zero-order valence-electron chi connectivity index (χ0n) is 22.1. The largest absolute Gasteiger partial charge is 0.443 e. The highest BCUT2D eigenvalue weighted by atomic mass is 16.6. The molecule has 36 heavy (non-hydrogen) atoms. The molecule has 186 valence electrons. The Balaban J connectivity index is 1.99. The average Bonchev–Trinajstić information content (AvgIpc) is 3.29. The second-order valence-corrected chi connectivity index (χ2v) is 11.4. The van der Waals surface area contributed by atoms with Crippen molar-refractivity contribution in [3.63, 3.8) is 0 Å². The van der Waals surface area contributed by atoms with Gasteiger partial charge in [-0.1, -0.05) is 36.4 Å². The molecule has 0 bridgehead atoms. The van der Waals surface area contributed by atoms with Crippen LogP contribution in [-0.4, -0.2) is 32.5 Å². The summed E-state index contributed by atoms with van der Waals surface area (Å²) in [7, 11) is 0. The third-order valence-electron chi connectivity index (χ3n) is 6.36. The van der Waals surface area contributed by atoms with E-state index in [0.717, 1.165) is 54.7 Å². The molecule has 0 aliphatic carbocycles. The van der Waals surface area contributed by atoms with Gasteiger partial charge in [-0.15, -0.1) is 0 Å². The topological polar surface area (TPSA) is 62.5 Å². The second-order valence-electron chi connectivity index (χ2n) is 11.4. The molecule has 2 aromatic heterocycles. The molecule has 0 atom stereocenters. The third-order valence-corrected chi connectivity index (χ3v) is 6.36. The van der Waals surface area contributed by atoms with Crippen molar-refractivity contribution in [2.24, 2.45) is 0 Å². The van der Waals surface area contributed by atoms with Crippen LogP contribution < -0.4 is 0 Å². The number of carbonyl (C=O) groups is 2. The maximum Gasteiger partial charge on any atom is 0.419 e. The molecule has 3 aromatic carbocycles. The van der Waals surface area contributed by atoms with Gasteiger partial charge in [-0.2, -0.15) is 0 Å². The Morgan fingerprint density at radius 1 is 0.611 bits per heavy atom. The molecule has 0 spiro atoms. The minimum atomic E-state index is -0.644. The van der Waals surface area contributed by atoms with Gasteiger partial charge in [0.05, 0.1) is 22.1 Å². The molecule has 0 unspecified atom stereocenters. The number of para-hydroxylation sites is 2. The Kier molecular flexibility index (Phi) is 5.22. The summed E-state index contributed by atoms with van der Waals surface area (Å²) in [5.74, 6) is 0. The number of hydrogen-bond donors (Lipinski definition) is 0. The van der Waals surface area contributed by atoms with Crippen molar-refractivity contribution >= 4 is 55.8 Å². The van der Waals surface area contributed by atoms with Crippen molar-refractivity contribution < 1.29 is 19.1 Å². The molecule has 5 aromatic rings. The molecule has 0 radical (unpaired) electrons. The number of hydrogen-bond acceptors (Lipinski definition) is 4. The minimum absolute atomic E-state index is 0.425. The Hall–Kier alpha value is -3.80. The van der Waals surface area contributed by atoms with Gasteiger partial charge >= 0.3 is 12.2 Å². The van der Waals surface area contributed by atoms with Crippen LogP contribution in [0.25, 0.3) is 43.6 Å². The van der Waals surface area contributed by atoms with E-state index in [2.05, 4.69) is 0 Å². The average molecular weight is 485 g/mol. The molecule has 6 heteroatoms. The normalized spacial score (nSPS) is 12.7. The summed E-state index contributed by atoms with van der Waals surface area (Å²) in [6.07, 6.45) is -0.849. The van der Waals surface area contributed by atoms with Gasteiger partial charge in [0.1, 0.15) is 11.2 Å². The van der Waals surface area contributed by atoms with E-state index in [0.29, 0.717) is 0 Å². The van der Waals surface area contributed by atoms with Crippen molar-refractivity contribution in [3.05, 3.63) is 59.7 Å². The Morgan fingerprint density at radius 3 is 1.28 bits per heavy atom. The molecule has 6 nitrogen and oxygen atoms in total. The summed E-state index contributed by atoms with van der Waals surface area (Å²) in [6, 6.07) is 15.7. The van der Waals surface area contributed by atoms with Gasteiger partial charge in [0.25, 0.3) is 0 Å². The number of fused-ring (bicyclic) bond motifs is 6. The fourth-order valence-corrected chi connectivity index (χ4v) is 5.18. The molecule has 0 saturated heterocycles. The SMILES string of the molecule is Cc1c2c3ccccc3n(C(=O)OC(C)(C)C)c2c(C)c2c3ccccc3n(C(=O)OC(C)(C)C)c12. The van der Waals surface area contributed by atoms with E-state index in [4.69, 9.17) is 9.47 Å². The van der Waals surface area contributed by atoms with Crippen molar-refractivity contribution in [3.8, 4) is 0 Å². The molecule has 0 fully saturated rings. The first-order valence-corrected chi connectivity index (χ1v) is 12.2. The minimum Gasteiger partial charge on any atom is -0.443 e. The fourth-order valence-electron chi connectivity index (χ4n) is 5.18. The first kappa shape index (κ1) is 23.9. The first-order chi connectivity index (χ1) is 16.8. The summed E-state index contributed by atoms with van der Waals surface area (Å²) in [5, 5.41) is 3.71. The van der Waals surface area contributed by atoms with Crippen LogP contribution in [0, 0.1) is 13.8 Å². The van der Waals surface area contributed by atoms with Gasteiger partial charge in [0.2, 0.25) is 0 Å². The lowest BCUT2D eigenvalue weighted by molar-refractivity contribution is 0.0539. The van der Waals surface area contributed by atoms with E-state index in [9.17, 15) is 9.59 Å². The van der Waals surface area contributed by atoms with Crippen molar-refractivity contribution in [2.45, 2.75) is 66.6 Å². The van der Waals surface area contributed by atoms with Crippen molar-refractivity contribution in [2.75, 3.05) is 0 Å². The summed E-state index contributed by atoms with van der Waals surface area (Å²) >= 11 is 0. The highest BCUT2D eigenvalue weighted by Gasteiger charge is 2.29. The number of benzene rings is 3. The molecular formula is C30H32N2O4. The molecule has 0 saturated carbocycles. The Bertz CT molecular complexity index is 1580. The highest BCUT2D eigenvalue weighted by Crippen LogP contribution is 2.43. The van der Waals surface area contributed by atoms with Gasteiger partial charge in [-0.25, -0.2) is 18.7 Å². The van der Waals surface area contributed by atoms with Crippen LogP contribution >= 0.6 is 0 Å². The second kappa shape index (κ2) is 7.85. The van der Waals surface area contributed by atoms with Crippen LogP contribution in [0.2, 0.25) is 0 Å². The molecule has 0 aliphatic heterocycles. The van der Waals surface area contributed by atoms with E-state index in [1.165, 1.54) is 0 Å². The van der Waals surface area contributed by atoms with Crippen LogP contribution in [0.5, 0.6) is 0 Å². The van der Waals surface area contributed by atoms with E-state index < -0.39 is 23.4 Å². The van der Waals surface area contributed by atoms with Crippen LogP contribution in [0.15, 0.2) is 48.5 Å². The Morgan fingerprint density at radius 2 is 0.944 bits per heavy atom. The molecule has 0 N–H and O–H groups in total. The molecule has 2 heterocycles. The van der Waals surface area contributed by atoms with Crippen LogP contribution in [-0.2, 0) is 9.47 Å². The van der Waals surface area contributed by atoms with Crippen LogP contribution in [0.3, 0.4) is 0 Å². The number of rotatable bonds is 0. The van der Waals surface area contributed by atoms with E-state index in [1.54, 1.807) is 9.13 Å². The lowest BCUT2D eigenvalue weighted by atomic mass is 9.98. The smallest absolute Gasteiger partial charge is 0.419 e. The van der Waals surface area contributed by atoms with Crippen LogP contribution in [0.4, 0.5) is 9.59 Å². The summed E-state index contributed by atoms with van der Waals surface area (Å²) in [6.45, 7) is 15.2. The fraction of sp³-hybridized carbons (Fsp3) is 0.333. The van der Waals surface area contributed by atoms with Gasteiger partial charge in [-0.3, -0.25) is 0 Å². The standard InChI is InChI=1S/C30H32N2O4/c1-17-23-19-13-9-11-15-21(19)32(28(34)36-30(6,7)8)26(23)18(2)24-20-14-10-12-16-22(20)31(25(17)24)27(33)35-29(3,4)5/h9-16H,1-8H3. The van der Waals surface area contributed by atoms with E-state index in [-0.39, 0.29) is 0 Å². The summed E-state index contributed by atoms with van der Waals surface area (Å²) in [4.78, 5) is 27.1. The van der Waals surface area contributed by atoms with Gasteiger partial charge < -0.3 is 9.47 Å². The van der Waals surface area contributed by atoms with Crippen LogP contribution in [0.1, 0.15) is 52.7 Å². The Labute approximate surface area is 210 Å². The zero-order chi connectivity index (χ0) is 26.2. The highest BCUT2D eigenvalue weighted by molar-refractivity contribution is 6.25. The van der Waals surface area contributed by atoms with E-state index in [1.807, 2.05) is 104 Å². The molecule has 5 rings (SSSR count). The lowest BCUT2D eigenvalue weighted by Gasteiger charge is -2.21. The number of aromatic nitrogens is 2. The van der Waals surface area contributed by atoms with Gasteiger partial charge in [0, 0.05) is 21.5 Å². The predicted octanol–water partition coefficient (Wildman–Crippen LogP) is 8.09. The number of carbonyl (C=O) groups excluding carboxylic acids is 2. The molecule has 0 aliphatic rings. The number of nitrogens with zero attached hydrogens (tertiary/aromatic N) is 2. The molecule has 0 amide bonds. The monoisotopic (exact) mass is 484 g/mol. The molecular weight excluding hydrogens is 452 g/mol. The van der Waals surface area contributed by atoms with Crippen molar-refractivity contribution in [1.29, 1.82) is 0 Å². The van der Waals surface area contributed by atoms with Crippen molar-refractivity contribution in [1.82, 2.24) is 9.13 Å². The van der Waals surface area contributed by atoms with Gasteiger partial charge in [0.15, 0.2) is 0 Å². The first-order valence-electron chi connectivity index (χ1n) is 12.2. The summed E-state index contributed by atoms with van der Waals surface area (Å²) < 4.78 is 15.0. The number of aryl methyl sites for hydroxylation is 2. The predicted molar refractivity (Wildman–Crippen MR) is 145 cm³/mol. The maximum absolute atomic E-state index is 13.5.